The van der Waals surface area contributed by atoms with Crippen molar-refractivity contribution in [3.63, 3.8) is 0 Å². The van der Waals surface area contributed by atoms with Gasteiger partial charge >= 0.3 is 0 Å². The molecule has 1 aliphatic heterocycles. The van der Waals surface area contributed by atoms with Crippen LogP contribution < -0.4 is 5.32 Å². The molecule has 0 amide bonds. The van der Waals surface area contributed by atoms with Crippen LogP contribution in [0.5, 0.6) is 0 Å². The van der Waals surface area contributed by atoms with Crippen LogP contribution in [0.4, 0.5) is 5.69 Å². The molecule has 0 saturated heterocycles. The van der Waals surface area contributed by atoms with Gasteiger partial charge in [0.25, 0.3) is 0 Å². The molecule has 0 fully saturated rings. The molecule has 1 atom stereocenters. The predicted molar refractivity (Wildman–Crippen MR) is 198 cm³/mol. The van der Waals surface area contributed by atoms with Gasteiger partial charge in [0.2, 0.25) is 0 Å². The molecule has 1 N–H and O–H groups in total. The Bertz CT molecular complexity index is 2700. The topological polar surface area (TPSA) is 42.5 Å². The Morgan fingerprint density at radius 3 is 2.10 bits per heavy atom. The van der Waals surface area contributed by atoms with Gasteiger partial charge in [-0.05, 0) is 59.2 Å². The Morgan fingerprint density at radius 1 is 0.500 bits per heavy atom. The standard InChI is InChI=1S/C44H29N3O/c1-3-12-28(13-4-1)30-22-25-39-36(26-30)32-16-8-10-20-38(32)47(39)31-23-24-34-41(27-31)48-40-21-11-18-35(42(34)40)43-33-17-7-9-19-37(33)45-44(46-43)29-14-5-2-6-15-29/h1-27,43H,(H,45,46). The van der Waals surface area contributed by atoms with E-state index in [2.05, 4.69) is 168 Å². The first-order chi connectivity index (χ1) is 23.8. The summed E-state index contributed by atoms with van der Waals surface area (Å²) in [4.78, 5) is 5.01. The zero-order chi connectivity index (χ0) is 31.6. The maximum atomic E-state index is 6.65. The van der Waals surface area contributed by atoms with E-state index >= 15 is 0 Å². The fourth-order valence-corrected chi connectivity index (χ4v) is 7.47. The van der Waals surface area contributed by atoms with Gasteiger partial charge in [-0.2, -0.15) is 0 Å². The van der Waals surface area contributed by atoms with Crippen molar-refractivity contribution in [2.24, 2.45) is 4.99 Å². The van der Waals surface area contributed by atoms with Crippen LogP contribution in [-0.4, -0.2) is 10.4 Å². The summed E-state index contributed by atoms with van der Waals surface area (Å²) in [6.45, 7) is 0. The Balaban J connectivity index is 1.13. The van der Waals surface area contributed by atoms with Gasteiger partial charge in [0, 0.05) is 44.4 Å². The van der Waals surface area contributed by atoms with Crippen molar-refractivity contribution >= 4 is 55.3 Å². The molecule has 4 nitrogen and oxygen atoms in total. The molecule has 1 aliphatic rings. The van der Waals surface area contributed by atoms with Crippen molar-refractivity contribution in [3.8, 4) is 16.8 Å². The Hall–Kier alpha value is -6.39. The second-order valence-corrected chi connectivity index (χ2v) is 12.4. The highest BCUT2D eigenvalue weighted by Crippen LogP contribution is 2.42. The highest BCUT2D eigenvalue weighted by atomic mass is 16.3. The number of para-hydroxylation sites is 2. The summed E-state index contributed by atoms with van der Waals surface area (Å²) in [5.41, 5.74) is 11.9. The molecule has 4 heteroatoms. The first-order valence-corrected chi connectivity index (χ1v) is 16.3. The normalized spacial score (nSPS) is 14.3. The van der Waals surface area contributed by atoms with Crippen LogP contribution in [-0.2, 0) is 0 Å². The molecule has 0 aliphatic carbocycles. The van der Waals surface area contributed by atoms with E-state index in [9.17, 15) is 0 Å². The number of rotatable bonds is 4. The molecule has 1 unspecified atom stereocenters. The molecule has 0 bridgehead atoms. The molecule has 3 heterocycles. The summed E-state index contributed by atoms with van der Waals surface area (Å²) in [6, 6.07) is 57.7. The molecule has 226 valence electrons. The third kappa shape index (κ3) is 4.13. The van der Waals surface area contributed by atoms with E-state index in [1.807, 2.05) is 6.07 Å². The third-order valence-corrected chi connectivity index (χ3v) is 9.67. The number of aromatic nitrogens is 1. The lowest BCUT2D eigenvalue weighted by molar-refractivity contribution is 0.667. The maximum Gasteiger partial charge on any atom is 0.137 e. The number of nitrogens with one attached hydrogen (secondary N) is 1. The lowest BCUT2D eigenvalue weighted by Crippen LogP contribution is -2.32. The SMILES string of the molecule is c1ccc(C2=Nc3ccccc3C(c3cccc4oc5cc(-n6c7ccccc7c7cc(-c8ccccc8)ccc76)ccc5c34)N2)cc1. The summed E-state index contributed by atoms with van der Waals surface area (Å²) in [5, 5.41) is 8.47. The second kappa shape index (κ2) is 10.6. The van der Waals surface area contributed by atoms with Gasteiger partial charge in [0.05, 0.1) is 22.8 Å². The predicted octanol–water partition coefficient (Wildman–Crippen LogP) is 11.1. The van der Waals surface area contributed by atoms with E-state index in [4.69, 9.17) is 9.41 Å². The Labute approximate surface area is 277 Å². The van der Waals surface area contributed by atoms with Crippen molar-refractivity contribution < 1.29 is 4.42 Å². The fourth-order valence-electron chi connectivity index (χ4n) is 7.47. The third-order valence-electron chi connectivity index (χ3n) is 9.67. The minimum atomic E-state index is -0.0887. The number of nitrogens with zero attached hydrogens (tertiary/aromatic N) is 2. The Morgan fingerprint density at radius 2 is 1.23 bits per heavy atom. The lowest BCUT2D eigenvalue weighted by Gasteiger charge is -2.28. The van der Waals surface area contributed by atoms with E-state index < -0.39 is 0 Å². The van der Waals surface area contributed by atoms with Gasteiger partial charge in [-0.1, -0.05) is 115 Å². The summed E-state index contributed by atoms with van der Waals surface area (Å²) >= 11 is 0. The quantitative estimate of drug-likeness (QED) is 0.214. The number of benzene rings is 7. The van der Waals surface area contributed by atoms with E-state index in [1.165, 1.54) is 38.5 Å². The van der Waals surface area contributed by atoms with Gasteiger partial charge in [-0.15, -0.1) is 0 Å². The van der Waals surface area contributed by atoms with E-state index in [0.29, 0.717) is 0 Å². The van der Waals surface area contributed by atoms with Crippen molar-refractivity contribution in [3.05, 3.63) is 180 Å². The number of amidine groups is 1. The highest BCUT2D eigenvalue weighted by Gasteiger charge is 2.27. The second-order valence-electron chi connectivity index (χ2n) is 12.4. The molecule has 10 rings (SSSR count). The zero-order valence-electron chi connectivity index (χ0n) is 26.0. The van der Waals surface area contributed by atoms with Crippen LogP contribution in [0.2, 0.25) is 0 Å². The van der Waals surface area contributed by atoms with Crippen LogP contribution in [0.25, 0.3) is 60.6 Å². The van der Waals surface area contributed by atoms with E-state index in [-0.39, 0.29) is 6.04 Å². The van der Waals surface area contributed by atoms with Crippen LogP contribution in [0.1, 0.15) is 22.7 Å². The number of hydrogen-bond acceptors (Lipinski definition) is 3. The van der Waals surface area contributed by atoms with Crippen LogP contribution in [0.15, 0.2) is 173 Å². The zero-order valence-corrected chi connectivity index (χ0v) is 26.0. The maximum absolute atomic E-state index is 6.65. The Kier molecular flexibility index (Phi) is 5.90. The smallest absolute Gasteiger partial charge is 0.137 e. The minimum Gasteiger partial charge on any atom is -0.456 e. The van der Waals surface area contributed by atoms with E-state index in [0.717, 1.165) is 50.3 Å². The molecule has 0 spiro atoms. The van der Waals surface area contributed by atoms with Crippen molar-refractivity contribution in [2.75, 3.05) is 0 Å². The minimum absolute atomic E-state index is 0.0887. The first-order valence-electron chi connectivity index (χ1n) is 16.3. The summed E-state index contributed by atoms with van der Waals surface area (Å²) in [7, 11) is 0. The summed E-state index contributed by atoms with van der Waals surface area (Å²) in [6.07, 6.45) is 0. The van der Waals surface area contributed by atoms with Crippen LogP contribution in [0, 0.1) is 0 Å². The number of furan rings is 1. The molecule has 7 aromatic carbocycles. The number of aliphatic imine (C=N–C) groups is 1. The van der Waals surface area contributed by atoms with Crippen molar-refractivity contribution in [1.82, 2.24) is 9.88 Å². The molecule has 9 aromatic rings. The van der Waals surface area contributed by atoms with Crippen LogP contribution in [0.3, 0.4) is 0 Å². The molecule has 48 heavy (non-hydrogen) atoms. The average molecular weight is 616 g/mol. The number of hydrogen-bond donors (Lipinski definition) is 1. The molecular formula is C44H29N3O. The highest BCUT2D eigenvalue weighted by molar-refractivity contribution is 6.12. The lowest BCUT2D eigenvalue weighted by atomic mass is 9.91. The fraction of sp³-hybridized carbons (Fsp3) is 0.0227. The van der Waals surface area contributed by atoms with Gasteiger partial charge in [0.15, 0.2) is 0 Å². The first kappa shape index (κ1) is 26.8. The summed E-state index contributed by atoms with van der Waals surface area (Å²) in [5.74, 6) is 0.869. The van der Waals surface area contributed by atoms with Gasteiger partial charge < -0.3 is 14.3 Å². The van der Waals surface area contributed by atoms with Crippen LogP contribution >= 0.6 is 0 Å². The summed E-state index contributed by atoms with van der Waals surface area (Å²) < 4.78 is 9.01. The van der Waals surface area contributed by atoms with E-state index in [1.54, 1.807) is 0 Å². The van der Waals surface area contributed by atoms with Gasteiger partial charge in [-0.25, -0.2) is 4.99 Å². The number of fused-ring (bicyclic) bond motifs is 7. The monoisotopic (exact) mass is 615 g/mol. The average Bonchev–Trinajstić information content (AvgIpc) is 3.70. The molecule has 0 saturated carbocycles. The largest absolute Gasteiger partial charge is 0.456 e. The van der Waals surface area contributed by atoms with Crippen molar-refractivity contribution in [2.45, 2.75) is 6.04 Å². The molecule has 0 radical (unpaired) electrons. The van der Waals surface area contributed by atoms with Crippen molar-refractivity contribution in [1.29, 1.82) is 0 Å². The van der Waals surface area contributed by atoms with Gasteiger partial charge in [0.1, 0.15) is 17.0 Å². The van der Waals surface area contributed by atoms with Gasteiger partial charge in [-0.3, -0.25) is 0 Å². The molecule has 2 aromatic heterocycles. The molecular weight excluding hydrogens is 587 g/mol.